The van der Waals surface area contributed by atoms with Gasteiger partial charge in [0.25, 0.3) is 5.91 Å². The van der Waals surface area contributed by atoms with Crippen molar-refractivity contribution in [1.29, 1.82) is 0 Å². The molecule has 0 saturated carbocycles. The van der Waals surface area contributed by atoms with Crippen LogP contribution in [0.4, 0.5) is 9.52 Å². The van der Waals surface area contributed by atoms with Crippen LogP contribution in [0.25, 0.3) is 17.1 Å². The van der Waals surface area contributed by atoms with Crippen molar-refractivity contribution in [3.8, 4) is 28.9 Å². The normalized spacial score (nSPS) is 10.3. The van der Waals surface area contributed by atoms with E-state index in [9.17, 15) is 9.18 Å². The minimum absolute atomic E-state index is 0.161. The number of pyridine rings is 1. The number of hydrogen-bond donors (Lipinski definition) is 1. The number of benzene rings is 1. The minimum Gasteiger partial charge on any atom is -0.296 e. The van der Waals surface area contributed by atoms with E-state index in [1.165, 1.54) is 40.4 Å². The maximum atomic E-state index is 13.5. The molecule has 0 radical (unpaired) electrons. The average molecular weight is 418 g/mol. The van der Waals surface area contributed by atoms with Crippen LogP contribution in [0.3, 0.4) is 0 Å². The van der Waals surface area contributed by atoms with E-state index in [2.05, 4.69) is 37.4 Å². The molecule has 0 aliphatic rings. The zero-order valence-corrected chi connectivity index (χ0v) is 16.7. The molecule has 30 heavy (non-hydrogen) atoms. The van der Waals surface area contributed by atoms with Gasteiger partial charge in [0.15, 0.2) is 10.8 Å². The predicted octanol–water partition coefficient (Wildman–Crippen LogP) is 3.94. The van der Waals surface area contributed by atoms with Crippen LogP contribution in [0.1, 0.15) is 29.4 Å². The summed E-state index contributed by atoms with van der Waals surface area (Å²) in [4.78, 5) is 21.5. The first kappa shape index (κ1) is 19.4. The zero-order chi connectivity index (χ0) is 20.9. The molecule has 1 aromatic carbocycles. The summed E-state index contributed by atoms with van der Waals surface area (Å²) in [7, 11) is 0. The number of nitrogens with zero attached hydrogens (tertiary/aromatic N) is 5. The lowest BCUT2D eigenvalue weighted by Gasteiger charge is -2.05. The topological polar surface area (TPSA) is 85.6 Å². The summed E-state index contributed by atoms with van der Waals surface area (Å²) in [6.45, 7) is 1.99. The zero-order valence-electron chi connectivity index (χ0n) is 15.8. The van der Waals surface area contributed by atoms with E-state index in [1.807, 2.05) is 19.1 Å². The number of anilines is 1. The van der Waals surface area contributed by atoms with Crippen LogP contribution < -0.4 is 5.32 Å². The van der Waals surface area contributed by atoms with Gasteiger partial charge in [0.1, 0.15) is 11.5 Å². The van der Waals surface area contributed by atoms with Gasteiger partial charge in [-0.25, -0.2) is 14.1 Å². The quantitative estimate of drug-likeness (QED) is 0.508. The fourth-order valence-electron chi connectivity index (χ4n) is 2.61. The van der Waals surface area contributed by atoms with Gasteiger partial charge in [-0.15, -0.1) is 16.4 Å². The summed E-state index contributed by atoms with van der Waals surface area (Å²) in [5, 5.41) is 12.6. The molecular weight excluding hydrogens is 403 g/mol. The molecule has 0 aliphatic carbocycles. The average Bonchev–Trinajstić information content (AvgIpc) is 3.42. The molecule has 9 heteroatoms. The lowest BCUT2D eigenvalue weighted by atomic mass is 10.2. The molecule has 7 nitrogen and oxygen atoms in total. The third-order valence-electron chi connectivity index (χ3n) is 3.99. The first-order chi connectivity index (χ1) is 14.6. The van der Waals surface area contributed by atoms with Crippen molar-refractivity contribution in [2.75, 3.05) is 5.32 Å². The largest absolute Gasteiger partial charge is 0.296 e. The molecule has 1 amide bonds. The summed E-state index contributed by atoms with van der Waals surface area (Å²) >= 11 is 1.27. The first-order valence-electron chi connectivity index (χ1n) is 9.03. The Morgan fingerprint density at radius 1 is 1.23 bits per heavy atom. The first-order valence-corrected chi connectivity index (χ1v) is 9.91. The number of thiazole rings is 1. The van der Waals surface area contributed by atoms with E-state index in [1.54, 1.807) is 17.6 Å². The van der Waals surface area contributed by atoms with Crippen molar-refractivity contribution < 1.29 is 9.18 Å². The summed E-state index contributed by atoms with van der Waals surface area (Å²) in [5.41, 5.74) is 2.71. The van der Waals surface area contributed by atoms with Crippen molar-refractivity contribution in [3.63, 3.8) is 0 Å². The van der Waals surface area contributed by atoms with E-state index >= 15 is 0 Å². The van der Waals surface area contributed by atoms with E-state index < -0.39 is 11.7 Å². The summed E-state index contributed by atoms with van der Waals surface area (Å²) < 4.78 is 14.8. The second-order valence-corrected chi connectivity index (χ2v) is 6.95. The van der Waals surface area contributed by atoms with Gasteiger partial charge in [0, 0.05) is 23.6 Å². The van der Waals surface area contributed by atoms with Crippen LogP contribution in [-0.2, 0) is 0 Å². The van der Waals surface area contributed by atoms with Crippen LogP contribution in [0, 0.1) is 17.7 Å². The summed E-state index contributed by atoms with van der Waals surface area (Å²) in [6, 6.07) is 9.47. The predicted molar refractivity (Wildman–Crippen MR) is 112 cm³/mol. The van der Waals surface area contributed by atoms with E-state index in [-0.39, 0.29) is 5.69 Å². The van der Waals surface area contributed by atoms with Crippen LogP contribution in [-0.4, -0.2) is 30.9 Å². The number of nitrogens with one attached hydrogen (secondary N) is 1. The maximum Gasteiger partial charge on any atom is 0.277 e. The maximum absolute atomic E-state index is 13.5. The molecule has 0 spiro atoms. The van der Waals surface area contributed by atoms with Gasteiger partial charge in [0.05, 0.1) is 17.6 Å². The lowest BCUT2D eigenvalue weighted by Crippen LogP contribution is -2.17. The Hall–Kier alpha value is -3.90. The Kier molecular flexibility index (Phi) is 5.59. The molecule has 3 aromatic heterocycles. The second kappa shape index (κ2) is 8.63. The van der Waals surface area contributed by atoms with E-state index in [4.69, 9.17) is 0 Å². The minimum atomic E-state index is -0.455. The fourth-order valence-corrected chi connectivity index (χ4v) is 3.31. The standard InChI is InChI=1S/C21H15FN6OS/c1-2-3-5-14-8-9-17(23-11-14)18-13-30-21(25-18)26-20(29)19-12-24-27-28(19)16-7-4-6-15(22)10-16/h4,6-13H,2H2,1H3,(H,25,26,29). The Balaban J connectivity index is 1.51. The van der Waals surface area contributed by atoms with E-state index in [0.29, 0.717) is 22.2 Å². The Morgan fingerprint density at radius 2 is 2.13 bits per heavy atom. The molecule has 0 atom stereocenters. The van der Waals surface area contributed by atoms with Gasteiger partial charge in [-0.2, -0.15) is 0 Å². The van der Waals surface area contributed by atoms with Gasteiger partial charge in [-0.3, -0.25) is 15.1 Å². The highest BCUT2D eigenvalue weighted by Gasteiger charge is 2.17. The van der Waals surface area contributed by atoms with Crippen molar-refractivity contribution in [1.82, 2.24) is 25.0 Å². The monoisotopic (exact) mass is 418 g/mol. The second-order valence-electron chi connectivity index (χ2n) is 6.09. The molecule has 0 fully saturated rings. The molecule has 0 aliphatic heterocycles. The number of rotatable bonds is 4. The summed E-state index contributed by atoms with van der Waals surface area (Å²) in [5.74, 6) is 5.13. The molecule has 4 rings (SSSR count). The number of carbonyl (C=O) groups is 1. The SMILES string of the molecule is CCC#Cc1ccc(-c2csc(NC(=O)c3cnnn3-c3cccc(F)c3)n2)nc1. The third-order valence-corrected chi connectivity index (χ3v) is 4.75. The number of halogens is 1. The third kappa shape index (κ3) is 4.24. The van der Waals surface area contributed by atoms with Gasteiger partial charge in [-0.1, -0.05) is 30.0 Å². The highest BCUT2D eigenvalue weighted by atomic mass is 32.1. The Labute approximate surface area is 175 Å². The number of carbonyl (C=O) groups excluding carboxylic acids is 1. The van der Waals surface area contributed by atoms with Crippen LogP contribution in [0.2, 0.25) is 0 Å². The van der Waals surface area contributed by atoms with Crippen molar-refractivity contribution in [2.45, 2.75) is 13.3 Å². The number of amides is 1. The highest BCUT2D eigenvalue weighted by molar-refractivity contribution is 7.14. The van der Waals surface area contributed by atoms with E-state index in [0.717, 1.165) is 12.0 Å². The summed E-state index contributed by atoms with van der Waals surface area (Å²) in [6.07, 6.45) is 3.79. The highest BCUT2D eigenvalue weighted by Crippen LogP contribution is 2.24. The van der Waals surface area contributed by atoms with Crippen LogP contribution in [0.15, 0.2) is 54.2 Å². The molecule has 0 bridgehead atoms. The molecular formula is C21H15FN6OS. The van der Waals surface area contributed by atoms with Crippen molar-refractivity contribution in [3.05, 3.63) is 71.2 Å². The van der Waals surface area contributed by atoms with Gasteiger partial charge in [0.2, 0.25) is 0 Å². The van der Waals surface area contributed by atoms with Crippen molar-refractivity contribution >= 4 is 22.4 Å². The molecule has 3 heterocycles. The smallest absolute Gasteiger partial charge is 0.277 e. The lowest BCUT2D eigenvalue weighted by molar-refractivity contribution is 0.101. The Bertz CT molecular complexity index is 1250. The fraction of sp³-hybridized carbons (Fsp3) is 0.0952. The van der Waals surface area contributed by atoms with Crippen LogP contribution in [0.5, 0.6) is 0 Å². The Morgan fingerprint density at radius 3 is 2.90 bits per heavy atom. The molecule has 0 unspecified atom stereocenters. The van der Waals surface area contributed by atoms with Gasteiger partial charge >= 0.3 is 0 Å². The molecule has 0 saturated heterocycles. The molecule has 1 N–H and O–H groups in total. The van der Waals surface area contributed by atoms with Crippen LogP contribution >= 0.6 is 11.3 Å². The van der Waals surface area contributed by atoms with Crippen molar-refractivity contribution in [2.24, 2.45) is 0 Å². The number of hydrogen-bond acceptors (Lipinski definition) is 6. The molecule has 4 aromatic rings. The van der Waals surface area contributed by atoms with Gasteiger partial charge in [-0.05, 0) is 30.3 Å². The van der Waals surface area contributed by atoms with Gasteiger partial charge < -0.3 is 0 Å². The number of aromatic nitrogens is 5. The molecule has 148 valence electrons.